The summed E-state index contributed by atoms with van der Waals surface area (Å²) in [4.78, 5) is 12.4. The minimum atomic E-state index is -0.147. The van der Waals surface area contributed by atoms with Gasteiger partial charge in [0.1, 0.15) is 5.82 Å². The molecule has 0 spiro atoms. The maximum absolute atomic E-state index is 12.4. The van der Waals surface area contributed by atoms with Crippen LogP contribution in [-0.2, 0) is 4.79 Å². The molecular formula is C19H24Cl2N4OS. The maximum Gasteiger partial charge on any atom is 0.230 e. The zero-order chi connectivity index (χ0) is 19.4. The van der Waals surface area contributed by atoms with Crippen molar-refractivity contribution in [2.75, 3.05) is 5.75 Å². The summed E-state index contributed by atoms with van der Waals surface area (Å²) < 4.78 is 2.21. The highest BCUT2D eigenvalue weighted by Gasteiger charge is 2.22. The highest BCUT2D eigenvalue weighted by Crippen LogP contribution is 2.32. The Kier molecular flexibility index (Phi) is 7.06. The largest absolute Gasteiger partial charge is 0.349 e. The Morgan fingerprint density at radius 3 is 2.70 bits per heavy atom. The van der Waals surface area contributed by atoms with Gasteiger partial charge in [-0.2, -0.15) is 0 Å². The molecule has 1 unspecified atom stereocenters. The van der Waals surface area contributed by atoms with Crippen LogP contribution in [0.2, 0.25) is 10.0 Å². The summed E-state index contributed by atoms with van der Waals surface area (Å²) in [6.07, 6.45) is 6.11. The molecule has 1 saturated carbocycles. The van der Waals surface area contributed by atoms with Crippen molar-refractivity contribution in [3.05, 3.63) is 39.6 Å². The van der Waals surface area contributed by atoms with E-state index in [2.05, 4.69) is 20.1 Å². The average Bonchev–Trinajstić information content (AvgIpc) is 3.03. The van der Waals surface area contributed by atoms with Crippen LogP contribution in [0.15, 0.2) is 23.4 Å². The molecule has 3 rings (SSSR count). The van der Waals surface area contributed by atoms with Gasteiger partial charge in [-0.3, -0.25) is 4.79 Å². The molecule has 0 aliphatic heterocycles. The molecule has 1 N–H and O–H groups in total. The standard InChI is InChI=1S/C19H24Cl2N4OS/c1-12(14-8-9-16(20)17(21)10-14)22-18(26)11-27-19-24-23-13(2)25(19)15-6-4-3-5-7-15/h8-10,12,15H,3-7,11H2,1-2H3,(H,22,26). The molecule has 1 amide bonds. The lowest BCUT2D eigenvalue weighted by atomic mass is 9.95. The summed E-state index contributed by atoms with van der Waals surface area (Å²) in [6, 6.07) is 5.70. The molecule has 8 heteroatoms. The number of nitrogens with zero attached hydrogens (tertiary/aromatic N) is 3. The van der Waals surface area contributed by atoms with Gasteiger partial charge in [0.05, 0.1) is 21.8 Å². The predicted octanol–water partition coefficient (Wildman–Crippen LogP) is 5.37. The fraction of sp³-hybridized carbons (Fsp3) is 0.526. The van der Waals surface area contributed by atoms with Gasteiger partial charge in [-0.15, -0.1) is 10.2 Å². The van der Waals surface area contributed by atoms with Gasteiger partial charge in [0.15, 0.2) is 5.16 Å². The number of aryl methyl sites for hydroxylation is 1. The van der Waals surface area contributed by atoms with Crippen LogP contribution in [0.3, 0.4) is 0 Å². The van der Waals surface area contributed by atoms with Crippen LogP contribution in [0.1, 0.15) is 62.5 Å². The molecule has 1 atom stereocenters. The van der Waals surface area contributed by atoms with E-state index in [9.17, 15) is 4.79 Å². The number of amides is 1. The zero-order valence-corrected chi connectivity index (χ0v) is 17.9. The molecule has 1 aliphatic carbocycles. The van der Waals surface area contributed by atoms with Crippen LogP contribution in [0, 0.1) is 6.92 Å². The number of hydrogen-bond acceptors (Lipinski definition) is 4. The van der Waals surface area contributed by atoms with Crippen molar-refractivity contribution in [3.8, 4) is 0 Å². The van der Waals surface area contributed by atoms with Crippen LogP contribution in [0.5, 0.6) is 0 Å². The topological polar surface area (TPSA) is 59.8 Å². The molecule has 0 bridgehead atoms. The molecule has 0 saturated heterocycles. The van der Waals surface area contributed by atoms with Crippen molar-refractivity contribution in [1.29, 1.82) is 0 Å². The third-order valence-corrected chi connectivity index (χ3v) is 6.61. The van der Waals surface area contributed by atoms with Gasteiger partial charge >= 0.3 is 0 Å². The quantitative estimate of drug-likeness (QED) is 0.630. The Morgan fingerprint density at radius 2 is 2.00 bits per heavy atom. The van der Waals surface area contributed by atoms with Gasteiger partial charge in [0, 0.05) is 6.04 Å². The lowest BCUT2D eigenvalue weighted by molar-refractivity contribution is -0.119. The van der Waals surface area contributed by atoms with Gasteiger partial charge in [-0.1, -0.05) is 60.3 Å². The lowest BCUT2D eigenvalue weighted by Crippen LogP contribution is -2.28. The number of halogens is 2. The molecule has 146 valence electrons. The fourth-order valence-corrected chi connectivity index (χ4v) is 4.66. The highest BCUT2D eigenvalue weighted by atomic mass is 35.5. The molecule has 1 heterocycles. The van der Waals surface area contributed by atoms with Gasteiger partial charge in [-0.25, -0.2) is 0 Å². The molecule has 1 aliphatic rings. The third-order valence-electron chi connectivity index (χ3n) is 4.93. The second-order valence-electron chi connectivity index (χ2n) is 6.94. The normalized spacial score (nSPS) is 16.3. The van der Waals surface area contributed by atoms with Crippen LogP contribution in [0.4, 0.5) is 0 Å². The molecule has 1 aromatic carbocycles. The summed E-state index contributed by atoms with van der Waals surface area (Å²) in [5.74, 6) is 1.18. The first-order valence-corrected chi connectivity index (χ1v) is 11.0. The SMILES string of the molecule is Cc1nnc(SCC(=O)NC(C)c2ccc(Cl)c(Cl)c2)n1C1CCCCC1. The number of carbonyl (C=O) groups is 1. The van der Waals surface area contributed by atoms with Crippen molar-refractivity contribution >= 4 is 40.9 Å². The number of carbonyl (C=O) groups excluding carboxylic acids is 1. The Hall–Kier alpha value is -1.24. The maximum atomic E-state index is 12.4. The van der Waals surface area contributed by atoms with E-state index < -0.39 is 0 Å². The van der Waals surface area contributed by atoms with Gasteiger partial charge < -0.3 is 9.88 Å². The molecule has 1 aromatic heterocycles. The van der Waals surface area contributed by atoms with E-state index in [1.54, 1.807) is 12.1 Å². The number of benzene rings is 1. The molecular weight excluding hydrogens is 403 g/mol. The van der Waals surface area contributed by atoms with Crippen LogP contribution in [-0.4, -0.2) is 26.4 Å². The molecule has 2 aromatic rings. The Balaban J connectivity index is 1.58. The monoisotopic (exact) mass is 426 g/mol. The number of hydrogen-bond donors (Lipinski definition) is 1. The highest BCUT2D eigenvalue weighted by molar-refractivity contribution is 7.99. The van der Waals surface area contributed by atoms with Gasteiger partial charge in [0.25, 0.3) is 0 Å². The van der Waals surface area contributed by atoms with Crippen molar-refractivity contribution in [3.63, 3.8) is 0 Å². The van der Waals surface area contributed by atoms with Gasteiger partial charge in [-0.05, 0) is 44.4 Å². The summed E-state index contributed by atoms with van der Waals surface area (Å²) >= 11 is 13.5. The fourth-order valence-electron chi connectivity index (χ4n) is 3.49. The van der Waals surface area contributed by atoms with Crippen molar-refractivity contribution in [1.82, 2.24) is 20.1 Å². The summed E-state index contributed by atoms with van der Waals surface area (Å²) in [5, 5.41) is 13.3. The van der Waals surface area contributed by atoms with Crippen molar-refractivity contribution in [2.24, 2.45) is 0 Å². The third kappa shape index (κ3) is 5.18. The van der Waals surface area contributed by atoms with E-state index in [1.807, 2.05) is 19.9 Å². The second kappa shape index (κ2) is 9.30. The summed E-state index contributed by atoms with van der Waals surface area (Å²) in [7, 11) is 0. The van der Waals surface area contributed by atoms with Gasteiger partial charge in [0.2, 0.25) is 5.91 Å². The van der Waals surface area contributed by atoms with Crippen LogP contribution >= 0.6 is 35.0 Å². The smallest absolute Gasteiger partial charge is 0.230 e. The van der Waals surface area contributed by atoms with Crippen molar-refractivity contribution < 1.29 is 4.79 Å². The first-order valence-electron chi connectivity index (χ1n) is 9.24. The number of aromatic nitrogens is 3. The predicted molar refractivity (Wildman–Crippen MR) is 111 cm³/mol. The zero-order valence-electron chi connectivity index (χ0n) is 15.5. The Labute approximate surface area is 174 Å². The number of rotatable bonds is 6. The summed E-state index contributed by atoms with van der Waals surface area (Å²) in [6.45, 7) is 3.91. The van der Waals surface area contributed by atoms with Crippen LogP contribution < -0.4 is 5.32 Å². The second-order valence-corrected chi connectivity index (χ2v) is 8.70. The summed E-state index contributed by atoms with van der Waals surface area (Å²) in [5.41, 5.74) is 0.920. The first-order chi connectivity index (χ1) is 13.0. The lowest BCUT2D eigenvalue weighted by Gasteiger charge is -2.25. The number of thioether (sulfide) groups is 1. The van der Waals surface area contributed by atoms with E-state index in [1.165, 1.54) is 31.0 Å². The Morgan fingerprint density at radius 1 is 1.26 bits per heavy atom. The minimum Gasteiger partial charge on any atom is -0.349 e. The van der Waals surface area contributed by atoms with E-state index in [4.69, 9.17) is 23.2 Å². The Bertz CT molecular complexity index is 805. The molecule has 5 nitrogen and oxygen atoms in total. The molecule has 1 fully saturated rings. The molecule has 27 heavy (non-hydrogen) atoms. The van der Waals surface area contributed by atoms with E-state index in [-0.39, 0.29) is 11.9 Å². The average molecular weight is 427 g/mol. The first kappa shape index (κ1) is 20.5. The van der Waals surface area contributed by atoms with E-state index in [0.29, 0.717) is 21.8 Å². The molecule has 0 radical (unpaired) electrons. The van der Waals surface area contributed by atoms with E-state index in [0.717, 1.165) is 29.4 Å². The number of nitrogens with one attached hydrogen (secondary N) is 1. The van der Waals surface area contributed by atoms with E-state index >= 15 is 0 Å². The minimum absolute atomic E-state index is 0.0468. The van der Waals surface area contributed by atoms with Crippen molar-refractivity contribution in [2.45, 2.75) is 63.2 Å². The van der Waals surface area contributed by atoms with Crippen LogP contribution in [0.25, 0.3) is 0 Å².